The van der Waals surface area contributed by atoms with Gasteiger partial charge in [-0.25, -0.2) is 0 Å². The highest BCUT2D eigenvalue weighted by atomic mass is 79.9. The highest BCUT2D eigenvalue weighted by Crippen LogP contribution is 2.15. The zero-order valence-corrected chi connectivity index (χ0v) is 10.2. The molecular formula is C10H14BrNO3. The van der Waals surface area contributed by atoms with E-state index in [1.807, 2.05) is 6.92 Å². The largest absolute Gasteiger partial charge is 0.444 e. The summed E-state index contributed by atoms with van der Waals surface area (Å²) in [5.41, 5.74) is 0. The van der Waals surface area contributed by atoms with Gasteiger partial charge in [0.2, 0.25) is 0 Å². The van der Waals surface area contributed by atoms with Crippen LogP contribution in [-0.4, -0.2) is 35.6 Å². The Morgan fingerprint density at radius 1 is 1.60 bits per heavy atom. The van der Waals surface area contributed by atoms with Crippen LogP contribution in [0.5, 0.6) is 0 Å². The Morgan fingerprint density at radius 2 is 2.33 bits per heavy atom. The summed E-state index contributed by atoms with van der Waals surface area (Å²) in [6, 6.07) is 3.32. The maximum Gasteiger partial charge on any atom is 0.289 e. The minimum atomic E-state index is -0.142. The molecule has 0 aliphatic heterocycles. The maximum atomic E-state index is 11.8. The van der Waals surface area contributed by atoms with Crippen LogP contribution in [0, 0.1) is 0 Å². The number of halogens is 1. The number of hydrogen-bond acceptors (Lipinski definition) is 3. The van der Waals surface area contributed by atoms with Crippen molar-refractivity contribution in [3.8, 4) is 0 Å². The van der Waals surface area contributed by atoms with Crippen molar-refractivity contribution in [2.45, 2.75) is 13.3 Å². The van der Waals surface area contributed by atoms with E-state index in [-0.39, 0.29) is 12.5 Å². The predicted octanol–water partition coefficient (Wildman–Crippen LogP) is 1.89. The first-order chi connectivity index (χ1) is 7.19. The van der Waals surface area contributed by atoms with Crippen molar-refractivity contribution in [1.82, 2.24) is 4.90 Å². The lowest BCUT2D eigenvalue weighted by molar-refractivity contribution is 0.0721. The first-order valence-corrected chi connectivity index (χ1v) is 5.63. The zero-order chi connectivity index (χ0) is 11.3. The van der Waals surface area contributed by atoms with Gasteiger partial charge < -0.3 is 14.4 Å². The second-order valence-corrected chi connectivity index (χ2v) is 3.85. The van der Waals surface area contributed by atoms with E-state index < -0.39 is 0 Å². The van der Waals surface area contributed by atoms with Crippen LogP contribution in [-0.2, 0) is 0 Å². The van der Waals surface area contributed by atoms with E-state index in [2.05, 4.69) is 15.9 Å². The van der Waals surface area contributed by atoms with Gasteiger partial charge in [-0.15, -0.1) is 0 Å². The second kappa shape index (κ2) is 5.92. The third kappa shape index (κ3) is 3.35. The number of furan rings is 1. The van der Waals surface area contributed by atoms with E-state index in [9.17, 15) is 4.79 Å². The van der Waals surface area contributed by atoms with E-state index in [0.717, 1.165) is 0 Å². The van der Waals surface area contributed by atoms with Crippen LogP contribution in [0.1, 0.15) is 23.9 Å². The average molecular weight is 276 g/mol. The monoisotopic (exact) mass is 275 g/mol. The second-order valence-electron chi connectivity index (χ2n) is 3.07. The summed E-state index contributed by atoms with van der Waals surface area (Å²) in [4.78, 5) is 13.5. The molecule has 15 heavy (non-hydrogen) atoms. The zero-order valence-electron chi connectivity index (χ0n) is 8.57. The number of aliphatic hydroxyl groups excluding tert-OH is 1. The summed E-state index contributed by atoms with van der Waals surface area (Å²) in [6.07, 6.45) is 0.585. The molecule has 1 N–H and O–H groups in total. The molecule has 0 aliphatic carbocycles. The van der Waals surface area contributed by atoms with Crippen LogP contribution >= 0.6 is 15.9 Å². The molecule has 0 bridgehead atoms. The average Bonchev–Trinajstić information content (AvgIpc) is 2.65. The molecule has 0 fully saturated rings. The molecular weight excluding hydrogens is 262 g/mol. The fourth-order valence-electron chi connectivity index (χ4n) is 1.25. The van der Waals surface area contributed by atoms with Gasteiger partial charge in [0.1, 0.15) is 0 Å². The fraction of sp³-hybridized carbons (Fsp3) is 0.500. The first-order valence-electron chi connectivity index (χ1n) is 4.84. The lowest BCUT2D eigenvalue weighted by Gasteiger charge is -2.18. The number of rotatable bonds is 5. The molecule has 1 aromatic rings. The van der Waals surface area contributed by atoms with Crippen LogP contribution in [0.4, 0.5) is 0 Å². The topological polar surface area (TPSA) is 53.7 Å². The summed E-state index contributed by atoms with van der Waals surface area (Å²) in [7, 11) is 0. The van der Waals surface area contributed by atoms with Crippen LogP contribution in [0.2, 0.25) is 0 Å². The summed E-state index contributed by atoms with van der Waals surface area (Å²) < 4.78 is 5.72. The summed E-state index contributed by atoms with van der Waals surface area (Å²) >= 11 is 3.15. The Morgan fingerprint density at radius 3 is 2.80 bits per heavy atom. The molecule has 1 aromatic heterocycles. The summed E-state index contributed by atoms with van der Waals surface area (Å²) in [6.45, 7) is 3.14. The van der Waals surface area contributed by atoms with E-state index >= 15 is 0 Å². The lowest BCUT2D eigenvalue weighted by Crippen LogP contribution is -2.31. The quantitative estimate of drug-likeness (QED) is 0.893. The molecule has 1 heterocycles. The van der Waals surface area contributed by atoms with Gasteiger partial charge in [0.05, 0.1) is 0 Å². The Labute approximate surface area is 97.0 Å². The van der Waals surface area contributed by atoms with E-state index in [1.54, 1.807) is 17.0 Å². The van der Waals surface area contributed by atoms with Gasteiger partial charge >= 0.3 is 0 Å². The third-order valence-electron chi connectivity index (χ3n) is 2.04. The summed E-state index contributed by atoms with van der Waals surface area (Å²) in [5.74, 6) is 0.179. The Bertz CT molecular complexity index is 324. The summed E-state index contributed by atoms with van der Waals surface area (Å²) in [5, 5.41) is 8.70. The number of amides is 1. The molecule has 4 nitrogen and oxygen atoms in total. The van der Waals surface area contributed by atoms with Gasteiger partial charge in [-0.1, -0.05) is 0 Å². The van der Waals surface area contributed by atoms with Gasteiger partial charge in [0.15, 0.2) is 10.4 Å². The van der Waals surface area contributed by atoms with Crippen molar-refractivity contribution in [1.29, 1.82) is 0 Å². The van der Waals surface area contributed by atoms with Gasteiger partial charge in [-0.3, -0.25) is 4.79 Å². The van der Waals surface area contributed by atoms with E-state index in [4.69, 9.17) is 9.52 Å². The molecule has 5 heteroatoms. The van der Waals surface area contributed by atoms with Gasteiger partial charge in [-0.05, 0) is 41.4 Å². The minimum Gasteiger partial charge on any atom is -0.444 e. The lowest BCUT2D eigenvalue weighted by atomic mass is 10.3. The molecule has 0 unspecified atom stereocenters. The third-order valence-corrected chi connectivity index (χ3v) is 2.47. The standard InChI is InChI=1S/C10H14BrNO3/c1-2-12(6-3-7-13)10(14)8-4-5-9(11)15-8/h4-5,13H,2-3,6-7H2,1H3. The molecule has 0 aromatic carbocycles. The fourth-order valence-corrected chi connectivity index (χ4v) is 1.56. The van der Waals surface area contributed by atoms with Crippen molar-refractivity contribution in [3.05, 3.63) is 22.6 Å². The molecule has 0 aliphatic rings. The SMILES string of the molecule is CCN(CCCO)C(=O)c1ccc(Br)o1. The molecule has 84 valence electrons. The molecule has 1 amide bonds. The molecule has 0 saturated carbocycles. The van der Waals surface area contributed by atoms with Crippen molar-refractivity contribution < 1.29 is 14.3 Å². The highest BCUT2D eigenvalue weighted by Gasteiger charge is 2.16. The van der Waals surface area contributed by atoms with Gasteiger partial charge in [0, 0.05) is 19.7 Å². The molecule has 0 saturated heterocycles. The Balaban J connectivity index is 2.64. The number of nitrogens with zero attached hydrogens (tertiary/aromatic N) is 1. The van der Waals surface area contributed by atoms with Gasteiger partial charge in [0.25, 0.3) is 5.91 Å². The number of carbonyl (C=O) groups is 1. The number of hydrogen-bond donors (Lipinski definition) is 1. The number of carbonyl (C=O) groups excluding carboxylic acids is 1. The van der Waals surface area contributed by atoms with Crippen LogP contribution < -0.4 is 0 Å². The van der Waals surface area contributed by atoms with E-state index in [1.165, 1.54) is 0 Å². The Kier molecular flexibility index (Phi) is 4.84. The van der Waals surface area contributed by atoms with E-state index in [0.29, 0.717) is 29.9 Å². The molecule has 1 rings (SSSR count). The predicted molar refractivity (Wildman–Crippen MR) is 59.7 cm³/mol. The normalized spacial score (nSPS) is 10.3. The Hall–Kier alpha value is -0.810. The van der Waals surface area contributed by atoms with Crippen molar-refractivity contribution in [2.75, 3.05) is 19.7 Å². The number of aliphatic hydroxyl groups is 1. The van der Waals surface area contributed by atoms with Crippen LogP contribution in [0.25, 0.3) is 0 Å². The van der Waals surface area contributed by atoms with Crippen molar-refractivity contribution >= 4 is 21.8 Å². The van der Waals surface area contributed by atoms with Crippen LogP contribution in [0.15, 0.2) is 21.2 Å². The molecule has 0 atom stereocenters. The maximum absolute atomic E-state index is 11.8. The first kappa shape index (κ1) is 12.3. The minimum absolute atomic E-state index is 0.0889. The van der Waals surface area contributed by atoms with Gasteiger partial charge in [-0.2, -0.15) is 0 Å². The molecule has 0 radical (unpaired) electrons. The highest BCUT2D eigenvalue weighted by molar-refractivity contribution is 9.10. The molecule has 0 spiro atoms. The van der Waals surface area contributed by atoms with Crippen molar-refractivity contribution in [3.63, 3.8) is 0 Å². The van der Waals surface area contributed by atoms with Crippen LogP contribution in [0.3, 0.4) is 0 Å². The van der Waals surface area contributed by atoms with Crippen molar-refractivity contribution in [2.24, 2.45) is 0 Å². The smallest absolute Gasteiger partial charge is 0.289 e.